The number of fused-ring (bicyclic) bond motifs is 3. The standard InChI is InChI=1S/C22H19BrN2O/c1-14-12-15(23)10-11-20(14)25-21(26)13-24-22-18-8-4-2-6-16(18)17-7-3-5-9-19(17)22/h2-12,22,24H,13H2,1H3,(H,25,26). The molecule has 26 heavy (non-hydrogen) atoms. The van der Waals surface area contributed by atoms with Gasteiger partial charge in [-0.3, -0.25) is 10.1 Å². The minimum atomic E-state index is -0.0442. The van der Waals surface area contributed by atoms with E-state index in [0.717, 1.165) is 15.7 Å². The summed E-state index contributed by atoms with van der Waals surface area (Å²) in [5.41, 5.74) is 6.80. The van der Waals surface area contributed by atoms with Crippen LogP contribution in [0.5, 0.6) is 0 Å². The maximum Gasteiger partial charge on any atom is 0.238 e. The lowest BCUT2D eigenvalue weighted by Crippen LogP contribution is -2.31. The van der Waals surface area contributed by atoms with E-state index in [9.17, 15) is 4.79 Å². The second-order valence-corrected chi connectivity index (χ2v) is 7.41. The maximum absolute atomic E-state index is 12.4. The van der Waals surface area contributed by atoms with Crippen molar-refractivity contribution in [3.05, 3.63) is 87.9 Å². The summed E-state index contributed by atoms with van der Waals surface area (Å²) in [6, 6.07) is 22.6. The zero-order valence-corrected chi connectivity index (χ0v) is 16.0. The molecule has 0 unspecified atom stereocenters. The molecule has 3 aromatic carbocycles. The van der Waals surface area contributed by atoms with Crippen LogP contribution in [0.25, 0.3) is 11.1 Å². The molecule has 2 N–H and O–H groups in total. The molecule has 0 saturated heterocycles. The molecule has 3 nitrogen and oxygen atoms in total. The van der Waals surface area contributed by atoms with Gasteiger partial charge in [0.25, 0.3) is 0 Å². The molecule has 0 bridgehead atoms. The van der Waals surface area contributed by atoms with Gasteiger partial charge in [0, 0.05) is 10.2 Å². The molecule has 0 fully saturated rings. The molecule has 4 rings (SSSR count). The third-order valence-corrected chi connectivity index (χ3v) is 5.26. The molecular weight excluding hydrogens is 388 g/mol. The van der Waals surface area contributed by atoms with Crippen molar-refractivity contribution in [2.75, 3.05) is 11.9 Å². The summed E-state index contributed by atoms with van der Waals surface area (Å²) < 4.78 is 1.00. The third kappa shape index (κ3) is 3.18. The summed E-state index contributed by atoms with van der Waals surface area (Å²) in [5.74, 6) is -0.0442. The molecule has 0 aliphatic heterocycles. The van der Waals surface area contributed by atoms with E-state index < -0.39 is 0 Å². The fourth-order valence-corrected chi connectivity index (χ4v) is 4.01. The highest BCUT2D eigenvalue weighted by Gasteiger charge is 2.27. The molecule has 0 heterocycles. The number of carbonyl (C=O) groups is 1. The highest BCUT2D eigenvalue weighted by molar-refractivity contribution is 9.10. The molecule has 0 saturated carbocycles. The van der Waals surface area contributed by atoms with Gasteiger partial charge in [0.15, 0.2) is 0 Å². The number of hydrogen-bond donors (Lipinski definition) is 2. The average Bonchev–Trinajstić information content (AvgIpc) is 2.96. The average molecular weight is 407 g/mol. The first-order valence-electron chi connectivity index (χ1n) is 8.61. The Bertz CT molecular complexity index is 938. The van der Waals surface area contributed by atoms with Crippen molar-refractivity contribution in [2.24, 2.45) is 0 Å². The molecule has 0 radical (unpaired) electrons. The van der Waals surface area contributed by atoms with E-state index in [-0.39, 0.29) is 18.5 Å². The fourth-order valence-electron chi connectivity index (χ4n) is 3.53. The monoisotopic (exact) mass is 406 g/mol. The SMILES string of the molecule is Cc1cc(Br)ccc1NC(=O)CNC1c2ccccc2-c2ccccc21. The minimum absolute atomic E-state index is 0.0409. The van der Waals surface area contributed by atoms with Crippen LogP contribution < -0.4 is 10.6 Å². The molecule has 0 spiro atoms. The second kappa shape index (κ2) is 7.06. The number of aryl methyl sites for hydroxylation is 1. The largest absolute Gasteiger partial charge is 0.325 e. The Hall–Kier alpha value is -2.43. The summed E-state index contributed by atoms with van der Waals surface area (Å²) in [7, 11) is 0. The molecule has 1 amide bonds. The normalized spacial score (nSPS) is 12.5. The zero-order valence-electron chi connectivity index (χ0n) is 14.4. The van der Waals surface area contributed by atoms with E-state index in [0.29, 0.717) is 0 Å². The number of rotatable bonds is 4. The molecule has 4 heteroatoms. The van der Waals surface area contributed by atoms with Crippen molar-refractivity contribution in [3.8, 4) is 11.1 Å². The van der Waals surface area contributed by atoms with Gasteiger partial charge in [-0.2, -0.15) is 0 Å². The Morgan fingerprint density at radius 2 is 1.58 bits per heavy atom. The number of benzene rings is 3. The maximum atomic E-state index is 12.4. The number of amides is 1. The first-order chi connectivity index (χ1) is 12.6. The lowest BCUT2D eigenvalue weighted by atomic mass is 10.1. The van der Waals surface area contributed by atoms with Gasteiger partial charge >= 0.3 is 0 Å². The molecular formula is C22H19BrN2O. The summed E-state index contributed by atoms with van der Waals surface area (Å²) >= 11 is 3.44. The van der Waals surface area contributed by atoms with Gasteiger partial charge < -0.3 is 5.32 Å². The Balaban J connectivity index is 1.50. The van der Waals surface area contributed by atoms with Crippen molar-refractivity contribution in [2.45, 2.75) is 13.0 Å². The summed E-state index contributed by atoms with van der Waals surface area (Å²) in [6.45, 7) is 2.24. The second-order valence-electron chi connectivity index (χ2n) is 6.50. The van der Waals surface area contributed by atoms with Crippen LogP contribution in [0.3, 0.4) is 0 Å². The van der Waals surface area contributed by atoms with Crippen LogP contribution in [0.1, 0.15) is 22.7 Å². The molecule has 0 aromatic heterocycles. The van der Waals surface area contributed by atoms with Gasteiger partial charge in [-0.15, -0.1) is 0 Å². The molecule has 1 aliphatic rings. The summed E-state index contributed by atoms with van der Waals surface area (Å²) in [4.78, 5) is 12.4. The molecule has 130 valence electrons. The topological polar surface area (TPSA) is 41.1 Å². The third-order valence-electron chi connectivity index (χ3n) is 4.76. The quantitative estimate of drug-likeness (QED) is 0.635. The van der Waals surface area contributed by atoms with E-state index >= 15 is 0 Å². The summed E-state index contributed by atoms with van der Waals surface area (Å²) in [6.07, 6.45) is 0. The van der Waals surface area contributed by atoms with E-state index in [1.807, 2.05) is 37.3 Å². The van der Waals surface area contributed by atoms with Crippen LogP contribution >= 0.6 is 15.9 Å². The number of nitrogens with one attached hydrogen (secondary N) is 2. The van der Waals surface area contributed by atoms with Crippen LogP contribution in [-0.2, 0) is 4.79 Å². The Morgan fingerprint density at radius 1 is 0.962 bits per heavy atom. The number of anilines is 1. The Labute approximate surface area is 161 Å². The predicted octanol–water partition coefficient (Wildman–Crippen LogP) is 5.06. The zero-order chi connectivity index (χ0) is 18.1. The van der Waals surface area contributed by atoms with Crippen LogP contribution in [0, 0.1) is 6.92 Å². The van der Waals surface area contributed by atoms with Gasteiger partial charge in [0.05, 0.1) is 12.6 Å². The van der Waals surface area contributed by atoms with Crippen molar-refractivity contribution >= 4 is 27.5 Å². The number of carbonyl (C=O) groups excluding carboxylic acids is 1. The predicted molar refractivity (Wildman–Crippen MR) is 109 cm³/mol. The van der Waals surface area contributed by atoms with Crippen LogP contribution in [-0.4, -0.2) is 12.5 Å². The summed E-state index contributed by atoms with van der Waals surface area (Å²) in [5, 5.41) is 6.41. The highest BCUT2D eigenvalue weighted by Crippen LogP contribution is 2.42. The lowest BCUT2D eigenvalue weighted by Gasteiger charge is -2.16. The Kier molecular flexibility index (Phi) is 4.62. The van der Waals surface area contributed by atoms with Gasteiger partial charge in [-0.05, 0) is 52.9 Å². The van der Waals surface area contributed by atoms with Crippen molar-refractivity contribution in [3.63, 3.8) is 0 Å². The fraction of sp³-hybridized carbons (Fsp3) is 0.136. The van der Waals surface area contributed by atoms with E-state index in [2.05, 4.69) is 63.0 Å². The van der Waals surface area contributed by atoms with Crippen LogP contribution in [0.15, 0.2) is 71.2 Å². The van der Waals surface area contributed by atoms with E-state index in [1.54, 1.807) is 0 Å². The van der Waals surface area contributed by atoms with Gasteiger partial charge in [0.1, 0.15) is 0 Å². The van der Waals surface area contributed by atoms with Gasteiger partial charge in [-0.25, -0.2) is 0 Å². The van der Waals surface area contributed by atoms with Gasteiger partial charge in [-0.1, -0.05) is 64.5 Å². The van der Waals surface area contributed by atoms with Crippen LogP contribution in [0.4, 0.5) is 5.69 Å². The van der Waals surface area contributed by atoms with Crippen molar-refractivity contribution in [1.82, 2.24) is 5.32 Å². The van der Waals surface area contributed by atoms with Crippen molar-refractivity contribution < 1.29 is 4.79 Å². The minimum Gasteiger partial charge on any atom is -0.325 e. The van der Waals surface area contributed by atoms with Crippen molar-refractivity contribution in [1.29, 1.82) is 0 Å². The Morgan fingerprint density at radius 3 is 2.19 bits per heavy atom. The van der Waals surface area contributed by atoms with E-state index in [4.69, 9.17) is 0 Å². The lowest BCUT2D eigenvalue weighted by molar-refractivity contribution is -0.115. The molecule has 1 aliphatic carbocycles. The molecule has 3 aromatic rings. The number of halogens is 1. The van der Waals surface area contributed by atoms with E-state index in [1.165, 1.54) is 22.3 Å². The van der Waals surface area contributed by atoms with Crippen LogP contribution in [0.2, 0.25) is 0 Å². The first kappa shape index (κ1) is 17.0. The molecule has 0 atom stereocenters. The highest BCUT2D eigenvalue weighted by atomic mass is 79.9. The smallest absolute Gasteiger partial charge is 0.238 e. The number of hydrogen-bond acceptors (Lipinski definition) is 2. The first-order valence-corrected chi connectivity index (χ1v) is 9.40. The van der Waals surface area contributed by atoms with Gasteiger partial charge in [0.2, 0.25) is 5.91 Å².